The van der Waals surface area contributed by atoms with E-state index in [-0.39, 0.29) is 0 Å². The normalized spacial score (nSPS) is 11.6. The standard InChI is InChI=1S/C15H22N4OS/c1-3-7-16-15(17-8-6-13-5-4-9-20-13)19-11-14-18-10-12(2)21-14/h4-5,9-10H,3,6-8,11H2,1-2H3,(H2,16,17,19). The summed E-state index contributed by atoms with van der Waals surface area (Å²) >= 11 is 1.69. The molecular formula is C15H22N4OS. The molecule has 0 unspecified atom stereocenters. The molecule has 0 spiro atoms. The number of rotatable bonds is 7. The van der Waals surface area contributed by atoms with E-state index in [9.17, 15) is 0 Å². The molecule has 0 saturated carbocycles. The third-order valence-corrected chi connectivity index (χ3v) is 3.73. The molecule has 0 aliphatic heterocycles. The molecule has 0 atom stereocenters. The van der Waals surface area contributed by atoms with Crippen molar-refractivity contribution in [2.75, 3.05) is 13.1 Å². The zero-order chi connectivity index (χ0) is 14.9. The van der Waals surface area contributed by atoms with Crippen LogP contribution >= 0.6 is 11.3 Å². The molecule has 2 aromatic heterocycles. The maximum atomic E-state index is 5.32. The number of aryl methyl sites for hydroxylation is 1. The zero-order valence-electron chi connectivity index (χ0n) is 12.6. The first-order valence-corrected chi connectivity index (χ1v) is 8.05. The number of nitrogens with one attached hydrogen (secondary N) is 2. The monoisotopic (exact) mass is 306 g/mol. The Kier molecular flexibility index (Phi) is 6.27. The van der Waals surface area contributed by atoms with Crippen LogP contribution in [0.25, 0.3) is 0 Å². The van der Waals surface area contributed by atoms with Crippen molar-refractivity contribution in [1.29, 1.82) is 0 Å². The number of aromatic nitrogens is 1. The molecule has 0 aliphatic rings. The number of furan rings is 1. The molecule has 2 aromatic rings. The van der Waals surface area contributed by atoms with Gasteiger partial charge in [-0.05, 0) is 25.5 Å². The molecule has 114 valence electrons. The highest BCUT2D eigenvalue weighted by Gasteiger charge is 2.01. The number of hydrogen-bond donors (Lipinski definition) is 2. The van der Waals surface area contributed by atoms with Crippen molar-refractivity contribution in [3.05, 3.63) is 40.2 Å². The Morgan fingerprint density at radius 1 is 1.38 bits per heavy atom. The molecule has 0 aliphatic carbocycles. The van der Waals surface area contributed by atoms with Crippen LogP contribution in [0, 0.1) is 6.92 Å². The van der Waals surface area contributed by atoms with Gasteiger partial charge >= 0.3 is 0 Å². The molecular weight excluding hydrogens is 284 g/mol. The van der Waals surface area contributed by atoms with Gasteiger partial charge in [0.05, 0.1) is 12.8 Å². The average molecular weight is 306 g/mol. The van der Waals surface area contributed by atoms with Gasteiger partial charge in [0.1, 0.15) is 10.8 Å². The largest absolute Gasteiger partial charge is 0.469 e. The van der Waals surface area contributed by atoms with Crippen molar-refractivity contribution in [3.8, 4) is 0 Å². The minimum absolute atomic E-state index is 0.609. The molecule has 0 aromatic carbocycles. The molecule has 5 nitrogen and oxygen atoms in total. The van der Waals surface area contributed by atoms with Crippen molar-refractivity contribution in [2.24, 2.45) is 4.99 Å². The minimum Gasteiger partial charge on any atom is -0.469 e. The Labute approximate surface area is 129 Å². The molecule has 21 heavy (non-hydrogen) atoms. The van der Waals surface area contributed by atoms with E-state index in [0.717, 1.165) is 42.7 Å². The van der Waals surface area contributed by atoms with Crippen molar-refractivity contribution in [1.82, 2.24) is 15.6 Å². The number of aliphatic imine (C=N–C) groups is 1. The summed E-state index contributed by atoms with van der Waals surface area (Å²) in [5, 5.41) is 7.68. The molecule has 0 amide bonds. The summed E-state index contributed by atoms with van der Waals surface area (Å²) in [5.74, 6) is 1.81. The minimum atomic E-state index is 0.609. The highest BCUT2D eigenvalue weighted by Crippen LogP contribution is 2.11. The van der Waals surface area contributed by atoms with E-state index in [1.165, 1.54) is 4.88 Å². The van der Waals surface area contributed by atoms with Crippen LogP contribution in [0.4, 0.5) is 0 Å². The van der Waals surface area contributed by atoms with Gasteiger partial charge in [0.2, 0.25) is 0 Å². The lowest BCUT2D eigenvalue weighted by Crippen LogP contribution is -2.38. The van der Waals surface area contributed by atoms with Crippen LogP contribution in [-0.4, -0.2) is 24.0 Å². The van der Waals surface area contributed by atoms with Crippen LogP contribution in [0.5, 0.6) is 0 Å². The lowest BCUT2D eigenvalue weighted by atomic mass is 10.3. The Hall–Kier alpha value is -1.82. The van der Waals surface area contributed by atoms with E-state index >= 15 is 0 Å². The van der Waals surface area contributed by atoms with Gasteiger partial charge in [-0.1, -0.05) is 6.92 Å². The maximum Gasteiger partial charge on any atom is 0.191 e. The molecule has 0 saturated heterocycles. The molecule has 0 fully saturated rings. The smallest absolute Gasteiger partial charge is 0.191 e. The van der Waals surface area contributed by atoms with Gasteiger partial charge in [0.15, 0.2) is 5.96 Å². The summed E-state index contributed by atoms with van der Waals surface area (Å²) in [7, 11) is 0. The summed E-state index contributed by atoms with van der Waals surface area (Å²) in [5.41, 5.74) is 0. The number of nitrogens with zero attached hydrogens (tertiary/aromatic N) is 2. The molecule has 0 bridgehead atoms. The van der Waals surface area contributed by atoms with Crippen LogP contribution < -0.4 is 10.6 Å². The second-order valence-electron chi connectivity index (χ2n) is 4.71. The molecule has 0 radical (unpaired) electrons. The average Bonchev–Trinajstić information content (AvgIpc) is 3.13. The van der Waals surface area contributed by atoms with E-state index in [2.05, 4.69) is 34.5 Å². The molecule has 2 N–H and O–H groups in total. The second kappa shape index (κ2) is 8.46. The fraction of sp³-hybridized carbons (Fsp3) is 0.467. The first-order chi connectivity index (χ1) is 10.3. The SMILES string of the molecule is CCCNC(=NCc1ncc(C)s1)NCCc1ccco1. The summed E-state index contributed by atoms with van der Waals surface area (Å²) in [4.78, 5) is 10.1. The van der Waals surface area contributed by atoms with Crippen molar-refractivity contribution < 1.29 is 4.42 Å². The third kappa shape index (κ3) is 5.59. The summed E-state index contributed by atoms with van der Waals surface area (Å²) < 4.78 is 5.32. The van der Waals surface area contributed by atoms with E-state index < -0.39 is 0 Å². The lowest BCUT2D eigenvalue weighted by molar-refractivity contribution is 0.506. The fourth-order valence-electron chi connectivity index (χ4n) is 1.80. The Morgan fingerprint density at radius 2 is 2.24 bits per heavy atom. The summed E-state index contributed by atoms with van der Waals surface area (Å²) in [6.45, 7) is 6.50. The van der Waals surface area contributed by atoms with E-state index in [1.54, 1.807) is 17.6 Å². The number of hydrogen-bond acceptors (Lipinski definition) is 4. The Bertz CT molecular complexity index is 548. The van der Waals surface area contributed by atoms with Gasteiger partial charge in [-0.2, -0.15) is 0 Å². The first-order valence-electron chi connectivity index (χ1n) is 7.24. The number of guanidine groups is 1. The third-order valence-electron chi connectivity index (χ3n) is 2.83. The predicted octanol–water partition coefficient (Wildman–Crippen LogP) is 2.73. The van der Waals surface area contributed by atoms with Crippen LogP contribution in [0.1, 0.15) is 29.0 Å². The predicted molar refractivity (Wildman–Crippen MR) is 86.7 cm³/mol. The second-order valence-corrected chi connectivity index (χ2v) is 6.03. The van der Waals surface area contributed by atoms with Gasteiger partial charge in [-0.15, -0.1) is 11.3 Å². The first kappa shape index (κ1) is 15.6. The number of thiazole rings is 1. The van der Waals surface area contributed by atoms with Crippen molar-refractivity contribution in [3.63, 3.8) is 0 Å². The Morgan fingerprint density at radius 3 is 2.90 bits per heavy atom. The van der Waals surface area contributed by atoms with Crippen LogP contribution in [-0.2, 0) is 13.0 Å². The van der Waals surface area contributed by atoms with Crippen LogP contribution in [0.15, 0.2) is 34.0 Å². The van der Waals surface area contributed by atoms with E-state index in [1.807, 2.05) is 18.3 Å². The topological polar surface area (TPSA) is 62.5 Å². The molecule has 6 heteroatoms. The van der Waals surface area contributed by atoms with Crippen molar-refractivity contribution in [2.45, 2.75) is 33.2 Å². The summed E-state index contributed by atoms with van der Waals surface area (Å²) in [6.07, 6.45) is 5.49. The highest BCUT2D eigenvalue weighted by molar-refractivity contribution is 7.11. The van der Waals surface area contributed by atoms with E-state index in [0.29, 0.717) is 6.54 Å². The Balaban J connectivity index is 1.83. The quantitative estimate of drug-likeness (QED) is 0.610. The summed E-state index contributed by atoms with van der Waals surface area (Å²) in [6, 6.07) is 3.89. The molecule has 2 rings (SSSR count). The fourth-order valence-corrected chi connectivity index (χ4v) is 2.51. The van der Waals surface area contributed by atoms with Crippen molar-refractivity contribution >= 4 is 17.3 Å². The van der Waals surface area contributed by atoms with Crippen LogP contribution in [0.2, 0.25) is 0 Å². The van der Waals surface area contributed by atoms with Gasteiger partial charge in [0.25, 0.3) is 0 Å². The highest BCUT2D eigenvalue weighted by atomic mass is 32.1. The zero-order valence-corrected chi connectivity index (χ0v) is 13.4. The maximum absolute atomic E-state index is 5.32. The van der Waals surface area contributed by atoms with Gasteiger partial charge in [-0.3, -0.25) is 0 Å². The van der Waals surface area contributed by atoms with Gasteiger partial charge < -0.3 is 15.1 Å². The lowest BCUT2D eigenvalue weighted by Gasteiger charge is -2.11. The van der Waals surface area contributed by atoms with Crippen LogP contribution in [0.3, 0.4) is 0 Å². The van der Waals surface area contributed by atoms with Gasteiger partial charge in [0, 0.05) is 30.6 Å². The van der Waals surface area contributed by atoms with E-state index in [4.69, 9.17) is 4.42 Å². The molecule has 2 heterocycles. The van der Waals surface area contributed by atoms with Gasteiger partial charge in [-0.25, -0.2) is 9.98 Å².